The number of hydrogen-bond acceptors (Lipinski definition) is 2. The van der Waals surface area contributed by atoms with Crippen molar-refractivity contribution in [1.29, 1.82) is 0 Å². The normalized spacial score (nSPS) is 12.6. The van der Waals surface area contributed by atoms with Crippen LogP contribution in [-0.2, 0) is 13.0 Å². The van der Waals surface area contributed by atoms with Crippen molar-refractivity contribution >= 4 is 5.91 Å². The summed E-state index contributed by atoms with van der Waals surface area (Å²) in [5.74, 6) is 0.0583. The zero-order chi connectivity index (χ0) is 22.3. The van der Waals surface area contributed by atoms with E-state index in [1.165, 1.54) is 11.1 Å². The van der Waals surface area contributed by atoms with Gasteiger partial charge in [-0.15, -0.1) is 0 Å². The first-order valence-corrected chi connectivity index (χ1v) is 11.4. The van der Waals surface area contributed by atoms with E-state index in [-0.39, 0.29) is 17.4 Å². The molecule has 1 atom stereocenters. The number of hydrazine groups is 1. The van der Waals surface area contributed by atoms with Crippen LogP contribution in [0.15, 0.2) is 42.5 Å². The lowest BCUT2D eigenvalue weighted by atomic mass is 9.83. The van der Waals surface area contributed by atoms with Crippen molar-refractivity contribution < 1.29 is 4.79 Å². The van der Waals surface area contributed by atoms with Gasteiger partial charge in [0.1, 0.15) is 0 Å². The number of carbonyl (C=O) groups excluding carboxylic acids is 1. The number of aryl methyl sites for hydroxylation is 3. The first-order valence-electron chi connectivity index (χ1n) is 11.4. The Kier molecular flexibility index (Phi) is 8.66. The lowest BCUT2D eigenvalue weighted by Gasteiger charge is -2.40. The summed E-state index contributed by atoms with van der Waals surface area (Å²) in [6.45, 7) is 15.8. The number of amides is 1. The van der Waals surface area contributed by atoms with Crippen LogP contribution in [0.2, 0.25) is 0 Å². The minimum absolute atomic E-state index is 0.0250. The largest absolute Gasteiger partial charge is 0.270 e. The van der Waals surface area contributed by atoms with Crippen LogP contribution in [0.1, 0.15) is 86.5 Å². The number of carbonyl (C=O) groups is 1. The van der Waals surface area contributed by atoms with Gasteiger partial charge in [-0.2, -0.15) is 0 Å². The number of nitrogens with zero attached hydrogens (tertiary/aromatic N) is 1. The highest BCUT2D eigenvalue weighted by molar-refractivity contribution is 5.94. The summed E-state index contributed by atoms with van der Waals surface area (Å²) in [4.78, 5) is 13.7. The summed E-state index contributed by atoms with van der Waals surface area (Å²) >= 11 is 0. The van der Waals surface area contributed by atoms with Gasteiger partial charge in [0.05, 0.1) is 6.04 Å². The Bertz CT molecular complexity index is 797. The molecule has 3 heteroatoms. The maximum atomic E-state index is 13.7. The standard InChI is InChI=1S/C27H40N2O/c1-8-10-11-25(27(5,6)7)29(26(30)24-17-20(3)16-21(4)18-24)28-19-23-14-12-22(9-2)13-15-23/h12-18,25,28H,8-11,19H2,1-7H3. The van der Waals surface area contributed by atoms with Gasteiger partial charge >= 0.3 is 0 Å². The zero-order valence-corrected chi connectivity index (χ0v) is 20.0. The molecule has 0 radical (unpaired) electrons. The van der Waals surface area contributed by atoms with Crippen molar-refractivity contribution in [3.05, 3.63) is 70.3 Å². The molecule has 2 aromatic rings. The highest BCUT2D eigenvalue weighted by Gasteiger charge is 2.33. The predicted octanol–water partition coefficient (Wildman–Crippen LogP) is 6.62. The van der Waals surface area contributed by atoms with Crippen molar-refractivity contribution in [3.8, 4) is 0 Å². The van der Waals surface area contributed by atoms with E-state index >= 15 is 0 Å². The molecule has 30 heavy (non-hydrogen) atoms. The second kappa shape index (κ2) is 10.8. The molecule has 0 bridgehead atoms. The van der Waals surface area contributed by atoms with Gasteiger partial charge in [0, 0.05) is 12.1 Å². The molecule has 1 amide bonds. The molecular formula is C27H40N2O. The fourth-order valence-corrected chi connectivity index (χ4v) is 3.98. The van der Waals surface area contributed by atoms with Gasteiger partial charge in [-0.05, 0) is 55.4 Å². The van der Waals surface area contributed by atoms with Crippen molar-refractivity contribution in [3.63, 3.8) is 0 Å². The fourth-order valence-electron chi connectivity index (χ4n) is 3.98. The Morgan fingerprint density at radius 2 is 1.53 bits per heavy atom. The van der Waals surface area contributed by atoms with Crippen molar-refractivity contribution in [2.45, 2.75) is 86.7 Å². The molecule has 0 saturated carbocycles. The molecule has 0 aliphatic heterocycles. The van der Waals surface area contributed by atoms with E-state index in [2.05, 4.69) is 84.2 Å². The summed E-state index contributed by atoms with van der Waals surface area (Å²) in [5, 5.41) is 1.91. The number of nitrogens with one attached hydrogen (secondary N) is 1. The number of benzene rings is 2. The topological polar surface area (TPSA) is 32.3 Å². The van der Waals surface area contributed by atoms with E-state index in [0.717, 1.165) is 42.4 Å². The first-order chi connectivity index (χ1) is 14.2. The molecule has 0 aliphatic carbocycles. The van der Waals surface area contributed by atoms with Gasteiger partial charge in [0.15, 0.2) is 0 Å². The predicted molar refractivity (Wildman–Crippen MR) is 128 cm³/mol. The van der Waals surface area contributed by atoms with Gasteiger partial charge in [0.25, 0.3) is 5.91 Å². The van der Waals surface area contributed by atoms with Gasteiger partial charge in [-0.3, -0.25) is 9.80 Å². The molecule has 3 nitrogen and oxygen atoms in total. The molecule has 1 N–H and O–H groups in total. The summed E-state index contributed by atoms with van der Waals surface area (Å²) in [7, 11) is 0. The lowest BCUT2D eigenvalue weighted by Crippen LogP contribution is -2.54. The van der Waals surface area contributed by atoms with E-state index in [0.29, 0.717) is 6.54 Å². The second-order valence-electron chi connectivity index (χ2n) is 9.58. The molecule has 0 aromatic heterocycles. The van der Waals surface area contributed by atoms with Crippen LogP contribution >= 0.6 is 0 Å². The van der Waals surface area contributed by atoms with Gasteiger partial charge in [-0.25, -0.2) is 5.43 Å². The average Bonchev–Trinajstić information content (AvgIpc) is 2.68. The molecule has 0 heterocycles. The first kappa shape index (κ1) is 24.1. The van der Waals surface area contributed by atoms with E-state index in [9.17, 15) is 4.79 Å². The smallest absolute Gasteiger partial charge is 0.268 e. The molecular weight excluding hydrogens is 368 g/mol. The molecule has 2 aromatic carbocycles. The Hall–Kier alpha value is -2.13. The molecule has 164 valence electrons. The van der Waals surface area contributed by atoms with Gasteiger partial charge < -0.3 is 0 Å². The maximum absolute atomic E-state index is 13.7. The van der Waals surface area contributed by atoms with Crippen LogP contribution in [0.5, 0.6) is 0 Å². The van der Waals surface area contributed by atoms with Crippen LogP contribution in [0.25, 0.3) is 0 Å². The molecule has 2 rings (SSSR count). The van der Waals surface area contributed by atoms with E-state index in [1.54, 1.807) is 0 Å². The number of hydrogen-bond donors (Lipinski definition) is 1. The summed E-state index contributed by atoms with van der Waals surface area (Å²) < 4.78 is 0. The molecule has 1 unspecified atom stereocenters. The molecule has 0 fully saturated rings. The van der Waals surface area contributed by atoms with Crippen molar-refractivity contribution in [2.24, 2.45) is 5.41 Å². The van der Waals surface area contributed by atoms with E-state index in [4.69, 9.17) is 0 Å². The highest BCUT2D eigenvalue weighted by Crippen LogP contribution is 2.29. The highest BCUT2D eigenvalue weighted by atomic mass is 16.2. The van der Waals surface area contributed by atoms with Crippen LogP contribution in [0.3, 0.4) is 0 Å². The molecule has 0 saturated heterocycles. The Labute approximate surface area is 183 Å². The maximum Gasteiger partial charge on any atom is 0.268 e. The van der Waals surface area contributed by atoms with Crippen molar-refractivity contribution in [2.75, 3.05) is 0 Å². The summed E-state index contributed by atoms with van der Waals surface area (Å²) in [6, 6.07) is 14.9. The third-order valence-corrected chi connectivity index (χ3v) is 5.71. The van der Waals surface area contributed by atoms with Crippen LogP contribution in [0.4, 0.5) is 0 Å². The Morgan fingerprint density at radius 3 is 2.03 bits per heavy atom. The van der Waals surface area contributed by atoms with Crippen LogP contribution in [0, 0.1) is 19.3 Å². The van der Waals surface area contributed by atoms with E-state index in [1.807, 2.05) is 17.1 Å². The van der Waals surface area contributed by atoms with Crippen molar-refractivity contribution in [1.82, 2.24) is 10.4 Å². The third-order valence-electron chi connectivity index (χ3n) is 5.71. The van der Waals surface area contributed by atoms with Crippen LogP contribution < -0.4 is 5.43 Å². The van der Waals surface area contributed by atoms with Crippen LogP contribution in [-0.4, -0.2) is 17.0 Å². The quantitative estimate of drug-likeness (QED) is 0.473. The number of unbranched alkanes of at least 4 members (excludes halogenated alkanes) is 1. The molecule has 0 aliphatic rings. The fraction of sp³-hybridized carbons (Fsp3) is 0.519. The summed E-state index contributed by atoms with van der Waals surface area (Å²) in [6.07, 6.45) is 4.24. The average molecular weight is 409 g/mol. The number of rotatable bonds is 9. The third kappa shape index (κ3) is 6.70. The second-order valence-corrected chi connectivity index (χ2v) is 9.58. The lowest BCUT2D eigenvalue weighted by molar-refractivity contribution is 0.0277. The Balaban J connectivity index is 2.34. The summed E-state index contributed by atoms with van der Waals surface area (Å²) in [5.41, 5.74) is 9.00. The Morgan fingerprint density at radius 1 is 0.967 bits per heavy atom. The monoisotopic (exact) mass is 408 g/mol. The van der Waals surface area contributed by atoms with Gasteiger partial charge in [0.2, 0.25) is 0 Å². The minimum atomic E-state index is -0.0250. The minimum Gasteiger partial charge on any atom is -0.270 e. The van der Waals surface area contributed by atoms with Gasteiger partial charge in [-0.1, -0.05) is 88.9 Å². The zero-order valence-electron chi connectivity index (χ0n) is 20.0. The van der Waals surface area contributed by atoms with E-state index < -0.39 is 0 Å². The SMILES string of the molecule is CCCCC(N(NCc1ccc(CC)cc1)C(=O)c1cc(C)cc(C)c1)C(C)(C)C. The molecule has 0 spiro atoms.